The van der Waals surface area contributed by atoms with Crippen molar-refractivity contribution in [2.24, 2.45) is 5.73 Å². The van der Waals surface area contributed by atoms with Crippen LogP contribution in [0.15, 0.2) is 48.5 Å². The molecule has 27 heavy (non-hydrogen) atoms. The summed E-state index contributed by atoms with van der Waals surface area (Å²) in [5, 5.41) is 4.48. The largest absolute Gasteiger partial charge is 0.497 e. The van der Waals surface area contributed by atoms with Gasteiger partial charge in [0.25, 0.3) is 0 Å². The molecule has 0 unspecified atom stereocenters. The number of rotatable bonds is 7. The minimum atomic E-state index is -0.340. The van der Waals surface area contributed by atoms with Gasteiger partial charge in [-0.25, -0.2) is 4.98 Å². The van der Waals surface area contributed by atoms with Crippen molar-refractivity contribution in [3.8, 4) is 11.5 Å². The van der Waals surface area contributed by atoms with Gasteiger partial charge < -0.3 is 20.5 Å². The number of aryl methyl sites for hydroxylation is 1. The maximum absolute atomic E-state index is 6.14. The first-order chi connectivity index (χ1) is 12.9. The minimum absolute atomic E-state index is 0.340. The Hall–Kier alpha value is -2.79. The van der Waals surface area contributed by atoms with Crippen LogP contribution < -0.4 is 20.5 Å². The summed E-state index contributed by atoms with van der Waals surface area (Å²) in [5.74, 6) is 2.32. The van der Waals surface area contributed by atoms with Crippen LogP contribution in [0.4, 0.5) is 5.82 Å². The van der Waals surface area contributed by atoms with Gasteiger partial charge >= 0.3 is 0 Å². The van der Waals surface area contributed by atoms with Gasteiger partial charge in [0.15, 0.2) is 0 Å². The average molecular weight is 365 g/mol. The van der Waals surface area contributed by atoms with Crippen LogP contribution in [0.1, 0.15) is 25.0 Å². The van der Waals surface area contributed by atoms with E-state index < -0.39 is 0 Å². The summed E-state index contributed by atoms with van der Waals surface area (Å²) in [7, 11) is 1.64. The topological polar surface area (TPSA) is 69.4 Å². The smallest absolute Gasteiger partial charge is 0.133 e. The van der Waals surface area contributed by atoms with Gasteiger partial charge in [0, 0.05) is 29.1 Å². The van der Waals surface area contributed by atoms with Crippen molar-refractivity contribution in [1.82, 2.24) is 4.98 Å². The van der Waals surface area contributed by atoms with Crippen molar-refractivity contribution in [3.63, 3.8) is 0 Å². The number of anilines is 1. The molecular weight excluding hydrogens is 338 g/mol. The molecule has 0 saturated heterocycles. The molecule has 0 fully saturated rings. The van der Waals surface area contributed by atoms with E-state index in [1.807, 2.05) is 44.2 Å². The van der Waals surface area contributed by atoms with Crippen LogP contribution in [0.25, 0.3) is 10.9 Å². The van der Waals surface area contributed by atoms with E-state index >= 15 is 0 Å². The lowest BCUT2D eigenvalue weighted by atomic mass is 10.1. The fourth-order valence-corrected chi connectivity index (χ4v) is 2.82. The maximum atomic E-state index is 6.14. The van der Waals surface area contributed by atoms with E-state index in [1.165, 1.54) is 0 Å². The molecule has 3 aromatic rings. The van der Waals surface area contributed by atoms with E-state index in [0.717, 1.165) is 39.3 Å². The highest BCUT2D eigenvalue weighted by Gasteiger charge is 2.14. The van der Waals surface area contributed by atoms with Gasteiger partial charge in [0.2, 0.25) is 0 Å². The van der Waals surface area contributed by atoms with E-state index in [9.17, 15) is 0 Å². The van der Waals surface area contributed by atoms with Gasteiger partial charge in [0.1, 0.15) is 23.9 Å². The number of nitrogens with zero attached hydrogens (tertiary/aromatic N) is 1. The molecule has 2 aromatic carbocycles. The number of ether oxygens (including phenoxy) is 2. The third-order valence-corrected chi connectivity index (χ3v) is 4.27. The first kappa shape index (κ1) is 19.0. The summed E-state index contributed by atoms with van der Waals surface area (Å²) in [6, 6.07) is 15.9. The SMILES string of the molecule is COc1cccc(OCc2cc3cccc(C)c3nc2NCC(C)(C)N)c1. The normalized spacial score (nSPS) is 11.4. The Kier molecular flexibility index (Phi) is 5.51. The number of nitrogens with one attached hydrogen (secondary N) is 1. The number of pyridine rings is 1. The molecule has 0 spiro atoms. The molecule has 0 bridgehead atoms. The quantitative estimate of drug-likeness (QED) is 0.654. The van der Waals surface area contributed by atoms with Crippen LogP contribution in [-0.2, 0) is 6.61 Å². The van der Waals surface area contributed by atoms with Gasteiger partial charge in [-0.3, -0.25) is 0 Å². The lowest BCUT2D eigenvalue weighted by Crippen LogP contribution is -2.40. The van der Waals surface area contributed by atoms with Crippen molar-refractivity contribution in [1.29, 1.82) is 0 Å². The summed E-state index contributed by atoms with van der Waals surface area (Å²) in [6.45, 7) is 7.05. The Labute approximate surface area is 160 Å². The van der Waals surface area contributed by atoms with Crippen molar-refractivity contribution in [3.05, 3.63) is 59.7 Å². The Bertz CT molecular complexity index is 932. The molecular formula is C22H27N3O2. The van der Waals surface area contributed by atoms with Crippen molar-refractivity contribution in [2.45, 2.75) is 32.9 Å². The highest BCUT2D eigenvalue weighted by Crippen LogP contribution is 2.26. The Morgan fingerprint density at radius 3 is 2.56 bits per heavy atom. The molecule has 5 nitrogen and oxygen atoms in total. The van der Waals surface area contributed by atoms with Crippen LogP contribution in [0, 0.1) is 6.92 Å². The lowest BCUT2D eigenvalue weighted by molar-refractivity contribution is 0.304. The number of nitrogens with two attached hydrogens (primary N) is 1. The predicted octanol–water partition coefficient (Wildman–Crippen LogP) is 4.28. The van der Waals surface area contributed by atoms with E-state index in [0.29, 0.717) is 13.2 Å². The number of hydrogen-bond acceptors (Lipinski definition) is 5. The van der Waals surface area contributed by atoms with Gasteiger partial charge in [-0.2, -0.15) is 0 Å². The van der Waals surface area contributed by atoms with Crippen LogP contribution in [0.5, 0.6) is 11.5 Å². The Balaban J connectivity index is 1.91. The Morgan fingerprint density at radius 2 is 1.81 bits per heavy atom. The zero-order valence-electron chi connectivity index (χ0n) is 16.4. The number of fused-ring (bicyclic) bond motifs is 1. The molecule has 5 heteroatoms. The molecule has 1 aromatic heterocycles. The third kappa shape index (κ3) is 4.89. The number of aromatic nitrogens is 1. The van der Waals surface area contributed by atoms with Crippen LogP contribution in [0.3, 0.4) is 0 Å². The molecule has 0 saturated carbocycles. The van der Waals surface area contributed by atoms with E-state index in [4.69, 9.17) is 20.2 Å². The van der Waals surface area contributed by atoms with Crippen LogP contribution in [-0.4, -0.2) is 24.2 Å². The van der Waals surface area contributed by atoms with E-state index in [2.05, 4.69) is 30.4 Å². The second-order valence-corrected chi connectivity index (χ2v) is 7.45. The first-order valence-electron chi connectivity index (χ1n) is 9.04. The molecule has 0 atom stereocenters. The van der Waals surface area contributed by atoms with Gasteiger partial charge in [-0.05, 0) is 44.5 Å². The van der Waals surface area contributed by atoms with Crippen LogP contribution in [0.2, 0.25) is 0 Å². The summed E-state index contributed by atoms with van der Waals surface area (Å²) < 4.78 is 11.3. The van der Waals surface area contributed by atoms with Gasteiger partial charge in [-0.15, -0.1) is 0 Å². The molecule has 1 heterocycles. The molecule has 0 aliphatic rings. The highest BCUT2D eigenvalue weighted by molar-refractivity contribution is 5.84. The van der Waals surface area contributed by atoms with E-state index in [-0.39, 0.29) is 5.54 Å². The summed E-state index contributed by atoms with van der Waals surface area (Å²) in [4.78, 5) is 4.85. The van der Waals surface area contributed by atoms with Gasteiger partial charge in [-0.1, -0.05) is 24.3 Å². The molecule has 0 aliphatic carbocycles. The average Bonchev–Trinajstić information content (AvgIpc) is 2.64. The van der Waals surface area contributed by atoms with Crippen molar-refractivity contribution >= 4 is 16.7 Å². The minimum Gasteiger partial charge on any atom is -0.497 e. The highest BCUT2D eigenvalue weighted by atomic mass is 16.5. The summed E-state index contributed by atoms with van der Waals surface area (Å²) in [6.07, 6.45) is 0. The molecule has 0 amide bonds. The number of methoxy groups -OCH3 is 1. The molecule has 3 rings (SSSR count). The third-order valence-electron chi connectivity index (χ3n) is 4.27. The molecule has 142 valence electrons. The number of para-hydroxylation sites is 1. The maximum Gasteiger partial charge on any atom is 0.133 e. The number of benzene rings is 2. The predicted molar refractivity (Wildman–Crippen MR) is 111 cm³/mol. The monoisotopic (exact) mass is 365 g/mol. The first-order valence-corrected chi connectivity index (χ1v) is 9.04. The van der Waals surface area contributed by atoms with E-state index in [1.54, 1.807) is 7.11 Å². The standard InChI is InChI=1S/C22H27N3O2/c1-15-7-5-8-16-11-17(13-27-19-10-6-9-18(12-19)26-4)21(25-20(15)16)24-14-22(2,3)23/h5-12H,13-14,23H2,1-4H3,(H,24,25). The zero-order chi connectivity index (χ0) is 19.4. The molecule has 0 radical (unpaired) electrons. The van der Waals surface area contributed by atoms with Crippen molar-refractivity contribution < 1.29 is 9.47 Å². The van der Waals surface area contributed by atoms with Crippen molar-refractivity contribution in [2.75, 3.05) is 19.0 Å². The lowest BCUT2D eigenvalue weighted by Gasteiger charge is -2.21. The second kappa shape index (κ2) is 7.84. The van der Waals surface area contributed by atoms with Gasteiger partial charge in [0.05, 0.1) is 12.6 Å². The molecule has 0 aliphatic heterocycles. The Morgan fingerprint density at radius 1 is 1.07 bits per heavy atom. The van der Waals surface area contributed by atoms with Crippen LogP contribution >= 0.6 is 0 Å². The second-order valence-electron chi connectivity index (χ2n) is 7.45. The zero-order valence-corrected chi connectivity index (χ0v) is 16.4. The summed E-state index contributed by atoms with van der Waals surface area (Å²) in [5.41, 5.74) is 8.91. The fraction of sp³-hybridized carbons (Fsp3) is 0.318. The number of hydrogen-bond donors (Lipinski definition) is 2. The summed E-state index contributed by atoms with van der Waals surface area (Å²) >= 11 is 0. The molecule has 3 N–H and O–H groups in total. The fourth-order valence-electron chi connectivity index (χ4n) is 2.82.